The Kier molecular flexibility index (Phi) is 2.96. The number of para-hydroxylation sites is 2. The minimum absolute atomic E-state index is 0.168. The molecule has 1 aliphatic heterocycles. The lowest BCUT2D eigenvalue weighted by molar-refractivity contribution is -0.112. The maximum Gasteiger partial charge on any atom is 0.275 e. The van der Waals surface area contributed by atoms with Crippen LogP contribution < -0.4 is 15.0 Å². The van der Waals surface area contributed by atoms with Crippen molar-refractivity contribution in [2.45, 2.75) is 0 Å². The van der Waals surface area contributed by atoms with E-state index >= 15 is 0 Å². The van der Waals surface area contributed by atoms with Gasteiger partial charge in [-0.25, -0.2) is 9.38 Å². The number of carbonyl (C=O) groups excluding carboxylic acids is 1. The predicted molar refractivity (Wildman–Crippen MR) is 102 cm³/mol. The zero-order valence-electron chi connectivity index (χ0n) is 13.0. The standard InChI is InChI=1S/C18H10BrN3O2S/c1-21-12-7-6-9(19)8-10(12)14(16(21)23)15-17(24)22-13-5-3-2-4-11(13)20-18(22)25-15/h2-8H,1H3/b15-14-. The largest absolute Gasteiger partial charge is 0.311 e. The lowest BCUT2D eigenvalue weighted by atomic mass is 10.1. The second-order valence-electron chi connectivity index (χ2n) is 5.86. The Hall–Kier alpha value is -2.51. The quantitative estimate of drug-likeness (QED) is 0.446. The van der Waals surface area contributed by atoms with Crippen molar-refractivity contribution in [3.05, 3.63) is 67.4 Å². The van der Waals surface area contributed by atoms with Crippen molar-refractivity contribution < 1.29 is 4.79 Å². The molecular formula is C18H10BrN3O2S. The number of fused-ring (bicyclic) bond motifs is 4. The molecule has 0 radical (unpaired) electrons. The molecule has 122 valence electrons. The van der Waals surface area contributed by atoms with Crippen LogP contribution in [0, 0.1) is 0 Å². The van der Waals surface area contributed by atoms with Gasteiger partial charge >= 0.3 is 0 Å². The number of rotatable bonds is 0. The van der Waals surface area contributed by atoms with E-state index < -0.39 is 0 Å². The van der Waals surface area contributed by atoms with E-state index in [-0.39, 0.29) is 11.5 Å². The number of amides is 1. The fourth-order valence-electron chi connectivity index (χ4n) is 3.28. The molecule has 4 aromatic rings. The molecule has 5 rings (SSSR count). The molecule has 5 nitrogen and oxygen atoms in total. The number of carbonyl (C=O) groups is 1. The van der Waals surface area contributed by atoms with E-state index in [0.717, 1.165) is 26.8 Å². The third-order valence-corrected chi connectivity index (χ3v) is 5.99. The fraction of sp³-hybridized carbons (Fsp3) is 0.0556. The van der Waals surface area contributed by atoms with Crippen molar-refractivity contribution in [3.8, 4) is 0 Å². The highest BCUT2D eigenvalue weighted by Gasteiger charge is 2.32. The number of nitrogens with zero attached hydrogens (tertiary/aromatic N) is 3. The summed E-state index contributed by atoms with van der Waals surface area (Å²) < 4.78 is 2.89. The van der Waals surface area contributed by atoms with Gasteiger partial charge in [0.1, 0.15) is 4.53 Å². The maximum absolute atomic E-state index is 13.1. The van der Waals surface area contributed by atoms with Crippen LogP contribution in [-0.2, 0) is 4.79 Å². The van der Waals surface area contributed by atoms with E-state index in [1.165, 1.54) is 11.3 Å². The van der Waals surface area contributed by atoms with Crippen molar-refractivity contribution in [1.82, 2.24) is 9.38 Å². The molecule has 0 atom stereocenters. The van der Waals surface area contributed by atoms with Crippen LogP contribution >= 0.6 is 27.3 Å². The lowest BCUT2D eigenvalue weighted by Crippen LogP contribution is -2.30. The Morgan fingerprint density at radius 3 is 2.76 bits per heavy atom. The fourth-order valence-corrected chi connectivity index (χ4v) is 4.71. The van der Waals surface area contributed by atoms with Crippen molar-refractivity contribution >= 4 is 60.4 Å². The SMILES string of the molecule is CN1C(=O)/C(=c2\sc3nc4ccccc4n3c2=O)c2cc(Br)ccc21. The second kappa shape index (κ2) is 5.00. The third-order valence-electron chi connectivity index (χ3n) is 4.46. The highest BCUT2D eigenvalue weighted by molar-refractivity contribution is 9.10. The molecule has 0 saturated carbocycles. The first-order chi connectivity index (χ1) is 12.1. The number of imidazole rings is 1. The van der Waals surface area contributed by atoms with Gasteiger partial charge in [0.2, 0.25) is 0 Å². The van der Waals surface area contributed by atoms with Crippen LogP contribution in [0.2, 0.25) is 0 Å². The summed E-state index contributed by atoms with van der Waals surface area (Å²) in [5, 5.41) is 0. The number of thiazole rings is 1. The second-order valence-corrected chi connectivity index (χ2v) is 7.75. The molecule has 0 saturated heterocycles. The summed E-state index contributed by atoms with van der Waals surface area (Å²) in [5.74, 6) is -0.168. The van der Waals surface area contributed by atoms with Gasteiger partial charge in [-0.2, -0.15) is 0 Å². The summed E-state index contributed by atoms with van der Waals surface area (Å²) in [6.07, 6.45) is 0. The Balaban J connectivity index is 1.96. The zero-order chi connectivity index (χ0) is 17.3. The van der Waals surface area contributed by atoms with Crippen LogP contribution in [0.3, 0.4) is 0 Å². The van der Waals surface area contributed by atoms with E-state index in [4.69, 9.17) is 0 Å². The monoisotopic (exact) mass is 411 g/mol. The molecule has 0 bridgehead atoms. The van der Waals surface area contributed by atoms with E-state index in [0.29, 0.717) is 15.1 Å². The van der Waals surface area contributed by atoms with Crippen molar-refractivity contribution in [3.63, 3.8) is 0 Å². The topological polar surface area (TPSA) is 54.7 Å². The molecule has 2 aromatic carbocycles. The summed E-state index contributed by atoms with van der Waals surface area (Å²) in [7, 11) is 1.72. The van der Waals surface area contributed by atoms with E-state index in [2.05, 4.69) is 20.9 Å². The summed E-state index contributed by atoms with van der Waals surface area (Å²) in [5.41, 5.74) is 3.37. The number of halogens is 1. The van der Waals surface area contributed by atoms with Crippen LogP contribution in [0.15, 0.2) is 51.7 Å². The van der Waals surface area contributed by atoms with Crippen LogP contribution in [-0.4, -0.2) is 22.3 Å². The van der Waals surface area contributed by atoms with Crippen molar-refractivity contribution in [2.24, 2.45) is 0 Å². The first-order valence-electron chi connectivity index (χ1n) is 7.58. The number of aromatic nitrogens is 2. The molecule has 0 aliphatic carbocycles. The Labute approximate surface area is 153 Å². The molecule has 2 aromatic heterocycles. The van der Waals surface area contributed by atoms with Gasteiger partial charge in [-0.15, -0.1) is 0 Å². The molecule has 3 heterocycles. The molecule has 0 fully saturated rings. The van der Waals surface area contributed by atoms with Crippen LogP contribution in [0.25, 0.3) is 21.6 Å². The molecule has 0 N–H and O–H groups in total. The van der Waals surface area contributed by atoms with Gasteiger partial charge in [0.05, 0.1) is 22.3 Å². The first-order valence-corrected chi connectivity index (χ1v) is 9.19. The van der Waals surface area contributed by atoms with Gasteiger partial charge in [-0.05, 0) is 30.3 Å². The molecule has 1 amide bonds. The molecule has 7 heteroatoms. The van der Waals surface area contributed by atoms with E-state index in [1.54, 1.807) is 16.3 Å². The smallest absolute Gasteiger partial charge is 0.275 e. The average Bonchev–Trinajstić information content (AvgIpc) is 3.19. The van der Waals surface area contributed by atoms with Crippen LogP contribution in [0.1, 0.15) is 5.56 Å². The van der Waals surface area contributed by atoms with Gasteiger partial charge < -0.3 is 4.90 Å². The Morgan fingerprint density at radius 2 is 1.92 bits per heavy atom. The van der Waals surface area contributed by atoms with Gasteiger partial charge in [-0.1, -0.05) is 39.4 Å². The lowest BCUT2D eigenvalue weighted by Gasteiger charge is -2.08. The number of hydrogen-bond acceptors (Lipinski definition) is 4. The predicted octanol–water partition coefficient (Wildman–Crippen LogP) is 2.57. The summed E-state index contributed by atoms with van der Waals surface area (Å²) in [4.78, 5) is 32.6. The van der Waals surface area contributed by atoms with E-state index in [1.807, 2.05) is 42.5 Å². The third kappa shape index (κ3) is 1.90. The number of benzene rings is 2. The Morgan fingerprint density at radius 1 is 1.12 bits per heavy atom. The zero-order valence-corrected chi connectivity index (χ0v) is 15.4. The van der Waals surface area contributed by atoms with Crippen molar-refractivity contribution in [1.29, 1.82) is 0 Å². The highest BCUT2D eigenvalue weighted by Crippen LogP contribution is 2.36. The minimum Gasteiger partial charge on any atom is -0.311 e. The maximum atomic E-state index is 13.1. The van der Waals surface area contributed by atoms with Crippen LogP contribution in [0.5, 0.6) is 0 Å². The highest BCUT2D eigenvalue weighted by atomic mass is 79.9. The Bertz CT molecular complexity index is 1320. The molecule has 25 heavy (non-hydrogen) atoms. The van der Waals surface area contributed by atoms with Crippen molar-refractivity contribution in [2.75, 3.05) is 11.9 Å². The average molecular weight is 412 g/mol. The normalized spacial score (nSPS) is 16.2. The summed E-state index contributed by atoms with van der Waals surface area (Å²) in [6.45, 7) is 0. The minimum atomic E-state index is -0.196. The number of anilines is 1. The first kappa shape index (κ1) is 14.8. The molecular weight excluding hydrogens is 402 g/mol. The van der Waals surface area contributed by atoms with Gasteiger partial charge in [0.25, 0.3) is 11.5 Å². The van der Waals surface area contributed by atoms with Gasteiger partial charge in [0.15, 0.2) is 4.96 Å². The number of likely N-dealkylation sites (N-methyl/N-ethyl adjacent to an activating group) is 1. The van der Waals surface area contributed by atoms with E-state index in [9.17, 15) is 9.59 Å². The summed E-state index contributed by atoms with van der Waals surface area (Å²) >= 11 is 4.71. The van der Waals surface area contributed by atoms with Gasteiger partial charge in [-0.3, -0.25) is 9.59 Å². The molecule has 0 unspecified atom stereocenters. The summed E-state index contributed by atoms with van der Waals surface area (Å²) in [6, 6.07) is 13.2. The van der Waals surface area contributed by atoms with Gasteiger partial charge in [0, 0.05) is 17.1 Å². The molecule has 0 spiro atoms. The number of hydrogen-bond donors (Lipinski definition) is 0. The molecule has 1 aliphatic rings. The van der Waals surface area contributed by atoms with Crippen LogP contribution in [0.4, 0.5) is 5.69 Å².